The average Bonchev–Trinajstić information content (AvgIpc) is 2.53. The summed E-state index contributed by atoms with van der Waals surface area (Å²) in [4.78, 5) is 19.2. The first-order chi connectivity index (χ1) is 10.3. The highest BCUT2D eigenvalue weighted by Crippen LogP contribution is 2.23. The lowest BCUT2D eigenvalue weighted by Gasteiger charge is -2.13. The fraction of sp³-hybridized carbons (Fsp3) is 0.235. The third-order valence-electron chi connectivity index (χ3n) is 3.70. The Balaban J connectivity index is 2.05. The lowest BCUT2D eigenvalue weighted by Crippen LogP contribution is -2.11. The fourth-order valence-corrected chi connectivity index (χ4v) is 2.59. The lowest BCUT2D eigenvalue weighted by atomic mass is 9.92. The molecule has 4 heteroatoms. The third kappa shape index (κ3) is 2.77. The normalized spacial score (nSPS) is 18.6. The SMILES string of the molecule is N#C/C(=C\[C@H]1CC=CCC1)c1nc2ccccc2c(=O)[nH]1. The standard InChI is InChI=1S/C17H15N3O/c18-11-13(10-12-6-2-1-3-7-12)16-19-15-9-5-4-8-14(15)17(21)20-16/h1-2,4-5,8-10,12H,3,6-7H2,(H,19,20,21)/b13-10+/t12-/m0/s1. The summed E-state index contributed by atoms with van der Waals surface area (Å²) in [5, 5.41) is 9.92. The Bertz CT molecular complexity index is 824. The Labute approximate surface area is 122 Å². The van der Waals surface area contributed by atoms with E-state index in [0.717, 1.165) is 19.3 Å². The number of aromatic amines is 1. The molecule has 0 bridgehead atoms. The molecule has 0 saturated heterocycles. The zero-order valence-electron chi connectivity index (χ0n) is 11.5. The lowest BCUT2D eigenvalue weighted by molar-refractivity contribution is 0.585. The number of H-pyrrole nitrogens is 1. The van der Waals surface area contributed by atoms with Crippen LogP contribution in [0.1, 0.15) is 25.1 Å². The van der Waals surface area contributed by atoms with Crippen LogP contribution < -0.4 is 5.56 Å². The number of nitrogens with one attached hydrogen (secondary N) is 1. The second-order valence-corrected chi connectivity index (χ2v) is 5.17. The Morgan fingerprint density at radius 3 is 3.00 bits per heavy atom. The molecular weight excluding hydrogens is 262 g/mol. The Hall–Kier alpha value is -2.67. The maximum absolute atomic E-state index is 12.1. The van der Waals surface area contributed by atoms with Crippen LogP contribution in [-0.4, -0.2) is 9.97 Å². The molecule has 1 aliphatic carbocycles. The molecule has 0 unspecified atom stereocenters. The molecule has 0 amide bonds. The number of benzene rings is 1. The van der Waals surface area contributed by atoms with Crippen LogP contribution in [0.25, 0.3) is 16.5 Å². The molecule has 104 valence electrons. The van der Waals surface area contributed by atoms with E-state index < -0.39 is 0 Å². The summed E-state index contributed by atoms with van der Waals surface area (Å²) >= 11 is 0. The summed E-state index contributed by atoms with van der Waals surface area (Å²) in [6.07, 6.45) is 9.21. The van der Waals surface area contributed by atoms with Crippen LogP contribution >= 0.6 is 0 Å². The van der Waals surface area contributed by atoms with Gasteiger partial charge >= 0.3 is 0 Å². The van der Waals surface area contributed by atoms with Gasteiger partial charge in [-0.25, -0.2) is 4.98 Å². The molecule has 1 heterocycles. The number of para-hydroxylation sites is 1. The van der Waals surface area contributed by atoms with Crippen molar-refractivity contribution in [3.05, 3.63) is 58.7 Å². The first kappa shape index (κ1) is 13.3. The van der Waals surface area contributed by atoms with Gasteiger partial charge in [-0.1, -0.05) is 30.4 Å². The van der Waals surface area contributed by atoms with E-state index in [-0.39, 0.29) is 5.56 Å². The van der Waals surface area contributed by atoms with Crippen molar-refractivity contribution in [3.8, 4) is 6.07 Å². The smallest absolute Gasteiger partial charge is 0.259 e. The summed E-state index contributed by atoms with van der Waals surface area (Å²) in [6.45, 7) is 0. The molecule has 1 aliphatic rings. The van der Waals surface area contributed by atoms with Crippen LogP contribution in [0.15, 0.2) is 47.3 Å². The van der Waals surface area contributed by atoms with Crippen molar-refractivity contribution in [1.29, 1.82) is 5.26 Å². The quantitative estimate of drug-likeness (QED) is 0.677. The van der Waals surface area contributed by atoms with Gasteiger partial charge in [0.15, 0.2) is 5.82 Å². The fourth-order valence-electron chi connectivity index (χ4n) is 2.59. The average molecular weight is 277 g/mol. The Kier molecular flexibility index (Phi) is 3.65. The summed E-state index contributed by atoms with van der Waals surface area (Å²) in [5.74, 6) is 0.692. The minimum atomic E-state index is -0.208. The van der Waals surface area contributed by atoms with Crippen molar-refractivity contribution < 1.29 is 0 Å². The van der Waals surface area contributed by atoms with Crippen LogP contribution in [0.4, 0.5) is 0 Å². The van der Waals surface area contributed by atoms with E-state index in [1.165, 1.54) is 0 Å². The first-order valence-corrected chi connectivity index (χ1v) is 7.04. The van der Waals surface area contributed by atoms with Gasteiger partial charge in [0, 0.05) is 0 Å². The third-order valence-corrected chi connectivity index (χ3v) is 3.70. The van der Waals surface area contributed by atoms with Gasteiger partial charge in [0.1, 0.15) is 6.07 Å². The second-order valence-electron chi connectivity index (χ2n) is 5.17. The maximum Gasteiger partial charge on any atom is 0.259 e. The van der Waals surface area contributed by atoms with Crippen molar-refractivity contribution in [2.75, 3.05) is 0 Å². The Morgan fingerprint density at radius 1 is 1.38 bits per heavy atom. The van der Waals surface area contributed by atoms with E-state index in [9.17, 15) is 10.1 Å². The van der Waals surface area contributed by atoms with Gasteiger partial charge in [0.05, 0.1) is 16.5 Å². The Morgan fingerprint density at radius 2 is 2.24 bits per heavy atom. The van der Waals surface area contributed by atoms with E-state index >= 15 is 0 Å². The minimum absolute atomic E-state index is 0.208. The highest BCUT2D eigenvalue weighted by Gasteiger charge is 2.12. The molecule has 0 saturated carbocycles. The molecule has 0 fully saturated rings. The summed E-state index contributed by atoms with van der Waals surface area (Å²) < 4.78 is 0. The van der Waals surface area contributed by atoms with Crippen molar-refractivity contribution in [3.63, 3.8) is 0 Å². The van der Waals surface area contributed by atoms with Gasteiger partial charge in [0.25, 0.3) is 5.56 Å². The van der Waals surface area contributed by atoms with E-state index in [1.54, 1.807) is 18.2 Å². The van der Waals surface area contributed by atoms with Crippen molar-refractivity contribution >= 4 is 16.5 Å². The zero-order chi connectivity index (χ0) is 14.7. The number of hydrogen-bond acceptors (Lipinski definition) is 3. The molecule has 2 aromatic rings. The molecule has 1 N–H and O–H groups in total. The van der Waals surface area contributed by atoms with Gasteiger partial charge in [-0.15, -0.1) is 0 Å². The van der Waals surface area contributed by atoms with Crippen molar-refractivity contribution in [1.82, 2.24) is 9.97 Å². The number of aromatic nitrogens is 2. The number of allylic oxidation sites excluding steroid dienone is 4. The minimum Gasteiger partial charge on any atom is -0.305 e. The van der Waals surface area contributed by atoms with E-state index in [4.69, 9.17) is 0 Å². The predicted molar refractivity (Wildman–Crippen MR) is 82.4 cm³/mol. The zero-order valence-corrected chi connectivity index (χ0v) is 11.5. The topological polar surface area (TPSA) is 69.5 Å². The summed E-state index contributed by atoms with van der Waals surface area (Å²) in [6, 6.07) is 9.31. The van der Waals surface area contributed by atoms with Crippen LogP contribution in [0.2, 0.25) is 0 Å². The molecule has 1 atom stereocenters. The van der Waals surface area contributed by atoms with Gasteiger partial charge in [0.2, 0.25) is 0 Å². The number of nitrogens with zero attached hydrogens (tertiary/aromatic N) is 2. The summed E-state index contributed by atoms with van der Waals surface area (Å²) in [7, 11) is 0. The molecule has 0 spiro atoms. The van der Waals surface area contributed by atoms with Crippen LogP contribution in [-0.2, 0) is 0 Å². The van der Waals surface area contributed by atoms with E-state index in [2.05, 4.69) is 28.2 Å². The van der Waals surface area contributed by atoms with Crippen LogP contribution in [0.3, 0.4) is 0 Å². The number of fused-ring (bicyclic) bond motifs is 1. The van der Waals surface area contributed by atoms with Crippen LogP contribution in [0, 0.1) is 17.2 Å². The second kappa shape index (κ2) is 5.76. The highest BCUT2D eigenvalue weighted by atomic mass is 16.1. The predicted octanol–water partition coefficient (Wildman–Crippen LogP) is 3.19. The highest BCUT2D eigenvalue weighted by molar-refractivity contribution is 5.81. The molecule has 0 aliphatic heterocycles. The van der Waals surface area contributed by atoms with E-state index in [1.807, 2.05) is 12.1 Å². The molecule has 4 nitrogen and oxygen atoms in total. The van der Waals surface area contributed by atoms with Gasteiger partial charge in [-0.3, -0.25) is 4.79 Å². The molecule has 1 aromatic carbocycles. The van der Waals surface area contributed by atoms with Crippen molar-refractivity contribution in [2.45, 2.75) is 19.3 Å². The van der Waals surface area contributed by atoms with Gasteiger partial charge < -0.3 is 4.98 Å². The largest absolute Gasteiger partial charge is 0.305 e. The summed E-state index contributed by atoms with van der Waals surface area (Å²) in [5.41, 5.74) is 0.847. The van der Waals surface area contributed by atoms with Crippen molar-refractivity contribution in [2.24, 2.45) is 5.92 Å². The molecule has 3 rings (SSSR count). The maximum atomic E-state index is 12.1. The molecule has 0 radical (unpaired) electrons. The van der Waals surface area contributed by atoms with Gasteiger partial charge in [-0.05, 0) is 37.3 Å². The number of hydrogen-bond donors (Lipinski definition) is 1. The monoisotopic (exact) mass is 277 g/mol. The molecular formula is C17H15N3O. The van der Waals surface area contributed by atoms with Gasteiger partial charge in [-0.2, -0.15) is 5.26 Å². The number of rotatable bonds is 2. The van der Waals surface area contributed by atoms with E-state index in [0.29, 0.717) is 28.2 Å². The van der Waals surface area contributed by atoms with Crippen LogP contribution in [0.5, 0.6) is 0 Å². The first-order valence-electron chi connectivity index (χ1n) is 7.04. The molecule has 1 aromatic heterocycles. The molecule has 21 heavy (non-hydrogen) atoms. The number of nitriles is 1.